The van der Waals surface area contributed by atoms with Crippen LogP contribution < -0.4 is 5.73 Å². The van der Waals surface area contributed by atoms with Gasteiger partial charge in [-0.1, -0.05) is 17.7 Å². The van der Waals surface area contributed by atoms with Crippen LogP contribution in [0.2, 0.25) is 5.02 Å². The summed E-state index contributed by atoms with van der Waals surface area (Å²) in [5.41, 5.74) is 1.64. The summed E-state index contributed by atoms with van der Waals surface area (Å²) in [6.07, 6.45) is 0. The van der Waals surface area contributed by atoms with Crippen LogP contribution in [0, 0.1) is 10.1 Å². The fourth-order valence-electron chi connectivity index (χ4n) is 1.90. The molecule has 8 nitrogen and oxygen atoms in total. The SMILES string of the molecule is CC(C)(C)OC(=O)[C@](CN)(C(=O)O)c1ccc(Cl)c([N+](=O)[O-])c1. The standard InChI is InChI=1S/C14H17ClN2O6/c1-13(2,3)23-12(20)14(7-16,11(18)19)8-4-5-9(15)10(6-8)17(21)22/h4-6H,7,16H2,1-3H3,(H,18,19)/t14-/m0/s1. The Balaban J connectivity index is 3.54. The third-order valence-corrected chi connectivity index (χ3v) is 3.37. The lowest BCUT2D eigenvalue weighted by Gasteiger charge is -2.30. The molecule has 0 bridgehead atoms. The molecule has 23 heavy (non-hydrogen) atoms. The van der Waals surface area contributed by atoms with Gasteiger partial charge in [-0.3, -0.25) is 19.7 Å². The van der Waals surface area contributed by atoms with E-state index in [0.717, 1.165) is 12.1 Å². The van der Waals surface area contributed by atoms with Crippen LogP contribution in [0.15, 0.2) is 18.2 Å². The lowest BCUT2D eigenvalue weighted by molar-refractivity contribution is -0.384. The van der Waals surface area contributed by atoms with Crippen LogP contribution in [0.25, 0.3) is 0 Å². The highest BCUT2D eigenvalue weighted by Crippen LogP contribution is 2.33. The van der Waals surface area contributed by atoms with E-state index in [1.165, 1.54) is 6.07 Å². The summed E-state index contributed by atoms with van der Waals surface area (Å²) in [4.78, 5) is 34.4. The minimum atomic E-state index is -2.26. The Kier molecular flexibility index (Phi) is 5.34. The number of nitrogens with two attached hydrogens (primary N) is 1. The first-order valence-electron chi connectivity index (χ1n) is 6.57. The molecule has 0 aliphatic rings. The number of esters is 1. The second-order valence-corrected chi connectivity index (χ2v) is 6.25. The minimum absolute atomic E-state index is 0.169. The number of nitro groups is 1. The van der Waals surface area contributed by atoms with Gasteiger partial charge in [0.2, 0.25) is 5.41 Å². The Bertz CT molecular complexity index is 655. The molecule has 126 valence electrons. The molecule has 0 amide bonds. The maximum absolute atomic E-state index is 12.4. The van der Waals surface area contributed by atoms with E-state index < -0.39 is 40.1 Å². The van der Waals surface area contributed by atoms with E-state index >= 15 is 0 Å². The normalized spacial score (nSPS) is 14.0. The maximum Gasteiger partial charge on any atom is 0.329 e. The highest BCUT2D eigenvalue weighted by Gasteiger charge is 2.50. The summed E-state index contributed by atoms with van der Waals surface area (Å²) in [5, 5.41) is 20.4. The predicted molar refractivity (Wildman–Crippen MR) is 82.3 cm³/mol. The zero-order valence-corrected chi connectivity index (χ0v) is 13.6. The largest absolute Gasteiger partial charge is 0.480 e. The second-order valence-electron chi connectivity index (χ2n) is 5.84. The molecule has 0 heterocycles. The summed E-state index contributed by atoms with van der Waals surface area (Å²) in [6, 6.07) is 3.28. The lowest BCUT2D eigenvalue weighted by Crippen LogP contribution is -2.52. The van der Waals surface area contributed by atoms with Crippen molar-refractivity contribution < 1.29 is 24.4 Å². The van der Waals surface area contributed by atoms with Crippen LogP contribution in [0.1, 0.15) is 26.3 Å². The number of carbonyl (C=O) groups is 2. The highest BCUT2D eigenvalue weighted by molar-refractivity contribution is 6.32. The Morgan fingerprint density at radius 2 is 1.96 bits per heavy atom. The number of rotatable bonds is 5. The molecule has 0 unspecified atom stereocenters. The number of nitrogens with zero attached hydrogens (tertiary/aromatic N) is 1. The molecule has 0 saturated carbocycles. The van der Waals surface area contributed by atoms with Crippen molar-refractivity contribution in [2.45, 2.75) is 31.8 Å². The number of carbonyl (C=O) groups excluding carboxylic acids is 1. The Hall–Kier alpha value is -2.19. The first kappa shape index (κ1) is 18.9. The van der Waals surface area contributed by atoms with E-state index in [2.05, 4.69) is 0 Å². The quantitative estimate of drug-likeness (QED) is 0.360. The molecule has 0 aromatic heterocycles. The molecule has 1 aromatic carbocycles. The van der Waals surface area contributed by atoms with E-state index in [9.17, 15) is 24.8 Å². The van der Waals surface area contributed by atoms with Gasteiger partial charge in [0, 0.05) is 12.6 Å². The van der Waals surface area contributed by atoms with E-state index in [-0.39, 0.29) is 10.6 Å². The number of carboxylic acid groups (broad SMARTS) is 1. The molecule has 1 aromatic rings. The van der Waals surface area contributed by atoms with Gasteiger partial charge < -0.3 is 15.6 Å². The van der Waals surface area contributed by atoms with Gasteiger partial charge >= 0.3 is 11.9 Å². The van der Waals surface area contributed by atoms with E-state index in [1.807, 2.05) is 0 Å². The van der Waals surface area contributed by atoms with Crippen LogP contribution >= 0.6 is 11.6 Å². The third-order valence-electron chi connectivity index (χ3n) is 3.05. The van der Waals surface area contributed by atoms with Gasteiger partial charge in [0.1, 0.15) is 10.6 Å². The van der Waals surface area contributed by atoms with Crippen LogP contribution in [-0.2, 0) is 19.7 Å². The lowest BCUT2D eigenvalue weighted by atomic mass is 9.80. The van der Waals surface area contributed by atoms with Crippen LogP contribution in [0.3, 0.4) is 0 Å². The predicted octanol–water partition coefficient (Wildman–Crippen LogP) is 1.87. The van der Waals surface area contributed by atoms with Crippen LogP contribution in [0.5, 0.6) is 0 Å². The van der Waals surface area contributed by atoms with Crippen molar-refractivity contribution in [2.24, 2.45) is 5.73 Å². The minimum Gasteiger partial charge on any atom is -0.480 e. The van der Waals surface area contributed by atoms with Gasteiger partial charge in [-0.05, 0) is 32.4 Å². The number of hydrogen-bond acceptors (Lipinski definition) is 6. The summed E-state index contributed by atoms with van der Waals surface area (Å²) >= 11 is 5.71. The zero-order chi connectivity index (χ0) is 18.0. The average Bonchev–Trinajstić information content (AvgIpc) is 2.38. The topological polar surface area (TPSA) is 133 Å². The summed E-state index contributed by atoms with van der Waals surface area (Å²) in [7, 11) is 0. The second kappa shape index (κ2) is 6.51. The van der Waals surface area contributed by atoms with Gasteiger partial charge in [-0.2, -0.15) is 0 Å². The monoisotopic (exact) mass is 344 g/mol. The molecule has 1 atom stereocenters. The van der Waals surface area contributed by atoms with Crippen LogP contribution in [0.4, 0.5) is 5.69 Å². The summed E-state index contributed by atoms with van der Waals surface area (Å²) in [6.45, 7) is 4.07. The first-order valence-corrected chi connectivity index (χ1v) is 6.95. The van der Waals surface area contributed by atoms with Crippen molar-refractivity contribution in [2.75, 3.05) is 6.54 Å². The van der Waals surface area contributed by atoms with Gasteiger partial charge in [-0.25, -0.2) is 0 Å². The van der Waals surface area contributed by atoms with E-state index in [1.54, 1.807) is 20.8 Å². The van der Waals surface area contributed by atoms with Gasteiger partial charge in [0.25, 0.3) is 5.69 Å². The molecule has 0 aliphatic carbocycles. The van der Waals surface area contributed by atoms with Gasteiger partial charge in [0.05, 0.1) is 4.92 Å². The fourth-order valence-corrected chi connectivity index (χ4v) is 2.09. The smallest absolute Gasteiger partial charge is 0.329 e. The Morgan fingerprint density at radius 1 is 1.39 bits per heavy atom. The van der Waals surface area contributed by atoms with Crippen molar-refractivity contribution in [1.82, 2.24) is 0 Å². The maximum atomic E-state index is 12.4. The molecule has 1 rings (SSSR count). The molecule has 3 N–H and O–H groups in total. The number of benzene rings is 1. The van der Waals surface area contributed by atoms with Crippen molar-refractivity contribution in [3.63, 3.8) is 0 Å². The van der Waals surface area contributed by atoms with Crippen molar-refractivity contribution in [3.8, 4) is 0 Å². The molecule has 0 saturated heterocycles. The van der Waals surface area contributed by atoms with E-state index in [0.29, 0.717) is 0 Å². The summed E-state index contributed by atoms with van der Waals surface area (Å²) < 4.78 is 5.14. The number of aliphatic carboxylic acids is 1. The molecule has 0 radical (unpaired) electrons. The van der Waals surface area contributed by atoms with Crippen molar-refractivity contribution in [3.05, 3.63) is 38.9 Å². The number of carboxylic acids is 1. The van der Waals surface area contributed by atoms with Gasteiger partial charge in [0.15, 0.2) is 0 Å². The summed E-state index contributed by atoms with van der Waals surface area (Å²) in [5.74, 6) is -2.66. The highest BCUT2D eigenvalue weighted by atomic mass is 35.5. The number of halogens is 1. The van der Waals surface area contributed by atoms with Crippen LogP contribution in [-0.4, -0.2) is 34.1 Å². The molecular weight excluding hydrogens is 328 g/mol. The number of nitro benzene ring substituents is 1. The molecule has 0 spiro atoms. The first-order chi connectivity index (χ1) is 10.5. The Labute approximate surface area is 137 Å². The number of ether oxygens (including phenoxy) is 1. The molecule has 0 fully saturated rings. The molecule has 9 heteroatoms. The molecular formula is C14H17ClN2O6. The third kappa shape index (κ3) is 3.77. The zero-order valence-electron chi connectivity index (χ0n) is 12.8. The average molecular weight is 345 g/mol. The van der Waals surface area contributed by atoms with Gasteiger partial charge in [-0.15, -0.1) is 0 Å². The fraction of sp³-hybridized carbons (Fsp3) is 0.429. The van der Waals surface area contributed by atoms with Crippen molar-refractivity contribution in [1.29, 1.82) is 0 Å². The Morgan fingerprint density at radius 3 is 2.35 bits per heavy atom. The van der Waals surface area contributed by atoms with E-state index in [4.69, 9.17) is 22.1 Å². The number of hydrogen-bond donors (Lipinski definition) is 2. The van der Waals surface area contributed by atoms with Crippen molar-refractivity contribution >= 4 is 29.2 Å². The molecule has 0 aliphatic heterocycles.